The first-order chi connectivity index (χ1) is 13.9. The van der Waals surface area contributed by atoms with Crippen molar-refractivity contribution < 1.29 is 33.0 Å². The van der Waals surface area contributed by atoms with E-state index in [1.54, 1.807) is 24.0 Å². The van der Waals surface area contributed by atoms with Gasteiger partial charge in [0.05, 0.1) is 43.7 Å². The molecule has 0 radical (unpaired) electrons. The van der Waals surface area contributed by atoms with Gasteiger partial charge in [-0.1, -0.05) is 0 Å². The first-order valence-electron chi connectivity index (χ1n) is 9.35. The van der Waals surface area contributed by atoms with Crippen LogP contribution in [0.5, 0.6) is 0 Å². The van der Waals surface area contributed by atoms with E-state index in [4.69, 9.17) is 14.2 Å². The molecule has 11 heteroatoms. The van der Waals surface area contributed by atoms with Gasteiger partial charge in [-0.05, 0) is 25.1 Å². The molecule has 1 aromatic rings. The smallest absolute Gasteiger partial charge is 0.414 e. The molecule has 3 heterocycles. The van der Waals surface area contributed by atoms with Gasteiger partial charge in [-0.2, -0.15) is 0 Å². The zero-order chi connectivity index (χ0) is 20.5. The van der Waals surface area contributed by atoms with Crippen molar-refractivity contribution in [1.29, 1.82) is 0 Å². The van der Waals surface area contributed by atoms with Crippen molar-refractivity contribution in [3.8, 4) is 0 Å². The van der Waals surface area contributed by atoms with Crippen LogP contribution in [0.25, 0.3) is 0 Å². The van der Waals surface area contributed by atoms with Gasteiger partial charge in [-0.15, -0.1) is 0 Å². The van der Waals surface area contributed by atoms with Crippen molar-refractivity contribution in [2.45, 2.75) is 25.2 Å². The molecule has 2 N–H and O–H groups in total. The topological polar surface area (TPSA) is 109 Å². The number of ether oxygens (including phenoxy) is 3. The maximum atomic E-state index is 14.7. The minimum absolute atomic E-state index is 0.101. The Morgan fingerprint density at radius 3 is 2.86 bits per heavy atom. The number of halogens is 1. The van der Waals surface area contributed by atoms with E-state index in [9.17, 15) is 18.8 Å². The van der Waals surface area contributed by atoms with Gasteiger partial charge < -0.3 is 29.7 Å². The third kappa shape index (κ3) is 3.84. The van der Waals surface area contributed by atoms with Gasteiger partial charge >= 0.3 is 18.3 Å². The molecule has 3 saturated heterocycles. The molecule has 29 heavy (non-hydrogen) atoms. The molecule has 0 saturated carbocycles. The molecule has 156 valence electrons. The molecule has 10 nitrogen and oxygen atoms in total. The summed E-state index contributed by atoms with van der Waals surface area (Å²) in [5, 5.41) is 5.21. The lowest BCUT2D eigenvalue weighted by molar-refractivity contribution is 0.127. The Morgan fingerprint density at radius 2 is 2.14 bits per heavy atom. The number of nitrogens with one attached hydrogen (secondary N) is 2. The van der Waals surface area contributed by atoms with Crippen LogP contribution in [-0.2, 0) is 14.2 Å². The largest absolute Gasteiger partial charge is 0.450 e. The second kappa shape index (κ2) is 7.64. The number of anilines is 2. The number of carbonyl (C=O) groups is 3. The average molecular weight is 408 g/mol. The minimum atomic E-state index is -0.611. The number of hydrogen-bond donors (Lipinski definition) is 2. The number of carbonyl (C=O) groups excluding carboxylic acids is 3. The number of benzene rings is 1. The van der Waals surface area contributed by atoms with Gasteiger partial charge in [-0.25, -0.2) is 18.8 Å². The zero-order valence-electron chi connectivity index (χ0n) is 15.7. The Labute approximate surface area is 165 Å². The first kappa shape index (κ1) is 19.1. The third-order valence-corrected chi connectivity index (χ3v) is 5.04. The Morgan fingerprint density at radius 1 is 1.31 bits per heavy atom. The monoisotopic (exact) mass is 408 g/mol. The molecule has 0 aromatic heterocycles. The van der Waals surface area contributed by atoms with E-state index in [0.717, 1.165) is 0 Å². The van der Waals surface area contributed by atoms with E-state index in [1.165, 1.54) is 11.0 Å². The molecule has 3 aliphatic heterocycles. The van der Waals surface area contributed by atoms with Crippen molar-refractivity contribution in [3.63, 3.8) is 0 Å². The molecule has 0 bridgehead atoms. The number of nitrogens with zero attached hydrogens (tertiary/aromatic N) is 2. The van der Waals surface area contributed by atoms with Crippen LogP contribution < -0.4 is 20.4 Å². The van der Waals surface area contributed by atoms with Crippen molar-refractivity contribution >= 4 is 29.7 Å². The van der Waals surface area contributed by atoms with Gasteiger partial charge in [0.15, 0.2) is 0 Å². The maximum absolute atomic E-state index is 14.7. The summed E-state index contributed by atoms with van der Waals surface area (Å²) in [7, 11) is 0. The second-order valence-corrected chi connectivity index (χ2v) is 6.95. The highest BCUT2D eigenvalue weighted by molar-refractivity contribution is 5.90. The number of fused-ring (bicyclic) bond motifs is 1. The Bertz CT molecular complexity index is 821. The first-order valence-corrected chi connectivity index (χ1v) is 9.35. The second-order valence-electron chi connectivity index (χ2n) is 6.95. The SMILES string of the molecule is CCOC(=O)NC[C@H]1CN(c2ccc(N3C[C@@H]4NC(=O)O[C@@H]4C3)c(F)c2)C(=O)O1. The maximum Gasteiger partial charge on any atom is 0.414 e. The summed E-state index contributed by atoms with van der Waals surface area (Å²) in [6.45, 7) is 3.05. The van der Waals surface area contributed by atoms with Crippen LogP contribution in [0.1, 0.15) is 6.92 Å². The fourth-order valence-electron chi connectivity index (χ4n) is 3.69. The summed E-state index contributed by atoms with van der Waals surface area (Å²) < 4.78 is 29.9. The summed E-state index contributed by atoms with van der Waals surface area (Å²) in [5.41, 5.74) is 0.730. The summed E-state index contributed by atoms with van der Waals surface area (Å²) >= 11 is 0. The fourth-order valence-corrected chi connectivity index (χ4v) is 3.69. The summed E-state index contributed by atoms with van der Waals surface area (Å²) in [4.78, 5) is 37.8. The summed E-state index contributed by atoms with van der Waals surface area (Å²) in [5.74, 6) is -0.491. The highest BCUT2D eigenvalue weighted by Gasteiger charge is 2.42. The van der Waals surface area contributed by atoms with Crippen LogP contribution in [0.3, 0.4) is 0 Å². The van der Waals surface area contributed by atoms with Crippen LogP contribution in [0.15, 0.2) is 18.2 Å². The molecule has 1 aromatic carbocycles. The van der Waals surface area contributed by atoms with Gasteiger partial charge in [-0.3, -0.25) is 4.90 Å². The standard InChI is InChI=1S/C18H21FN4O6/c1-2-27-16(24)20-6-11-7-23(18(26)28-11)10-3-4-14(12(19)5-10)22-8-13-15(9-22)29-17(25)21-13/h3-5,11,13,15H,2,6-9H2,1H3,(H,20,24)(H,21,25)/t11-,13-,15+/m0/s1. The quantitative estimate of drug-likeness (QED) is 0.705. The number of alkyl carbamates (subject to hydrolysis) is 2. The molecule has 4 rings (SSSR count). The Kier molecular flexibility index (Phi) is 5.03. The van der Waals surface area contributed by atoms with Gasteiger partial charge in [0.2, 0.25) is 0 Å². The van der Waals surface area contributed by atoms with E-state index in [2.05, 4.69) is 10.6 Å². The van der Waals surface area contributed by atoms with Crippen LogP contribution in [0, 0.1) is 5.82 Å². The van der Waals surface area contributed by atoms with E-state index in [0.29, 0.717) is 24.5 Å². The van der Waals surface area contributed by atoms with Crippen LogP contribution in [-0.4, -0.2) is 69.3 Å². The molecule has 0 aliphatic carbocycles. The lowest BCUT2D eigenvalue weighted by Crippen LogP contribution is -2.35. The third-order valence-electron chi connectivity index (χ3n) is 5.04. The van der Waals surface area contributed by atoms with E-state index >= 15 is 0 Å². The number of hydrogen-bond acceptors (Lipinski definition) is 7. The Hall–Kier alpha value is -3.24. The predicted molar refractivity (Wildman–Crippen MR) is 98.4 cm³/mol. The molecular weight excluding hydrogens is 387 g/mol. The van der Waals surface area contributed by atoms with E-state index in [-0.39, 0.29) is 31.8 Å². The van der Waals surface area contributed by atoms with Crippen molar-refractivity contribution in [3.05, 3.63) is 24.0 Å². The normalized spacial score (nSPS) is 25.4. The summed E-state index contributed by atoms with van der Waals surface area (Å²) in [6.07, 6.45) is -2.52. The zero-order valence-corrected chi connectivity index (χ0v) is 15.7. The number of cyclic esters (lactones) is 1. The lowest BCUT2D eigenvalue weighted by Gasteiger charge is -2.21. The molecular formula is C18H21FN4O6. The summed E-state index contributed by atoms with van der Waals surface area (Å²) in [6, 6.07) is 4.33. The van der Waals surface area contributed by atoms with Gasteiger partial charge in [0.1, 0.15) is 18.0 Å². The Balaban J connectivity index is 1.38. The van der Waals surface area contributed by atoms with Crippen LogP contribution in [0.4, 0.5) is 30.1 Å². The minimum Gasteiger partial charge on any atom is -0.450 e. The molecule has 3 fully saturated rings. The van der Waals surface area contributed by atoms with E-state index in [1.807, 2.05) is 0 Å². The number of amides is 3. The molecule has 3 atom stereocenters. The highest BCUT2D eigenvalue weighted by atomic mass is 19.1. The van der Waals surface area contributed by atoms with Crippen molar-refractivity contribution in [2.75, 3.05) is 42.6 Å². The fraction of sp³-hybridized carbons (Fsp3) is 0.500. The van der Waals surface area contributed by atoms with Crippen molar-refractivity contribution in [1.82, 2.24) is 10.6 Å². The van der Waals surface area contributed by atoms with E-state index < -0.39 is 30.2 Å². The highest BCUT2D eigenvalue weighted by Crippen LogP contribution is 2.31. The lowest BCUT2D eigenvalue weighted by atomic mass is 10.2. The van der Waals surface area contributed by atoms with Crippen LogP contribution >= 0.6 is 0 Å². The molecule has 3 aliphatic rings. The predicted octanol–water partition coefficient (Wildman–Crippen LogP) is 1.19. The molecule has 3 amide bonds. The average Bonchev–Trinajstić information content (AvgIpc) is 3.32. The molecule has 0 spiro atoms. The van der Waals surface area contributed by atoms with Crippen LogP contribution in [0.2, 0.25) is 0 Å². The van der Waals surface area contributed by atoms with Crippen molar-refractivity contribution in [2.24, 2.45) is 0 Å². The van der Waals surface area contributed by atoms with Gasteiger partial charge in [0.25, 0.3) is 0 Å². The number of rotatable bonds is 5. The van der Waals surface area contributed by atoms with Gasteiger partial charge in [0, 0.05) is 6.54 Å². The molecule has 0 unspecified atom stereocenters.